The van der Waals surface area contributed by atoms with Crippen LogP contribution in [0.1, 0.15) is 30.4 Å². The molecule has 18 heavy (non-hydrogen) atoms. The lowest BCUT2D eigenvalue weighted by molar-refractivity contribution is 0.304. The molecule has 0 unspecified atom stereocenters. The van der Waals surface area contributed by atoms with Crippen molar-refractivity contribution < 1.29 is 0 Å². The Balaban J connectivity index is 1.82. The van der Waals surface area contributed by atoms with Gasteiger partial charge < -0.3 is 10.2 Å². The molecule has 1 fully saturated rings. The fourth-order valence-corrected chi connectivity index (χ4v) is 3.00. The van der Waals surface area contributed by atoms with Gasteiger partial charge >= 0.3 is 0 Å². The van der Waals surface area contributed by atoms with Crippen LogP contribution < -0.4 is 5.32 Å². The van der Waals surface area contributed by atoms with Crippen molar-refractivity contribution in [2.75, 3.05) is 20.1 Å². The third-order valence-corrected chi connectivity index (χ3v) is 4.22. The zero-order valence-electron chi connectivity index (χ0n) is 11.2. The van der Waals surface area contributed by atoms with E-state index in [0.29, 0.717) is 0 Å². The van der Waals surface area contributed by atoms with E-state index >= 15 is 0 Å². The highest BCUT2D eigenvalue weighted by Crippen LogP contribution is 2.32. The van der Waals surface area contributed by atoms with Gasteiger partial charge in [-0.25, -0.2) is 0 Å². The number of hydrogen-bond acceptors (Lipinski definition) is 2. The van der Waals surface area contributed by atoms with Crippen LogP contribution in [-0.4, -0.2) is 25.0 Å². The predicted molar refractivity (Wildman–Crippen MR) is 75.4 cm³/mol. The van der Waals surface area contributed by atoms with Crippen LogP contribution in [0.5, 0.6) is 0 Å². The molecule has 3 rings (SSSR count). The summed E-state index contributed by atoms with van der Waals surface area (Å²) in [6, 6.07) is 8.88. The first-order valence-electron chi connectivity index (χ1n) is 7.05. The summed E-state index contributed by atoms with van der Waals surface area (Å²) in [7, 11) is 2.05. The molecular formula is C16H22N2. The van der Waals surface area contributed by atoms with Crippen LogP contribution >= 0.6 is 0 Å². The topological polar surface area (TPSA) is 15.3 Å². The zero-order chi connectivity index (χ0) is 12.4. The number of fused-ring (bicyclic) bond motifs is 1. The SMILES string of the molecule is CNCC(=C1CCC1)N1CCc2ccccc2C1. The summed E-state index contributed by atoms with van der Waals surface area (Å²) in [6.07, 6.45) is 5.20. The Labute approximate surface area is 110 Å². The number of nitrogens with zero attached hydrogens (tertiary/aromatic N) is 1. The normalized spacial score (nSPS) is 18.3. The lowest BCUT2D eigenvalue weighted by atomic mass is 9.89. The van der Waals surface area contributed by atoms with E-state index in [-0.39, 0.29) is 0 Å². The van der Waals surface area contributed by atoms with Gasteiger partial charge in [0.15, 0.2) is 0 Å². The van der Waals surface area contributed by atoms with Crippen LogP contribution in [-0.2, 0) is 13.0 Å². The fraction of sp³-hybridized carbons (Fsp3) is 0.500. The summed E-state index contributed by atoms with van der Waals surface area (Å²) in [5, 5.41) is 3.34. The fourth-order valence-electron chi connectivity index (χ4n) is 3.00. The highest BCUT2D eigenvalue weighted by Gasteiger charge is 2.22. The van der Waals surface area contributed by atoms with E-state index < -0.39 is 0 Å². The minimum absolute atomic E-state index is 1.03. The molecule has 0 bridgehead atoms. The Kier molecular flexibility index (Phi) is 3.37. The number of rotatable bonds is 3. The monoisotopic (exact) mass is 242 g/mol. The summed E-state index contributed by atoms with van der Waals surface area (Å²) in [5.74, 6) is 0. The van der Waals surface area contributed by atoms with Crippen molar-refractivity contribution in [2.45, 2.75) is 32.2 Å². The van der Waals surface area contributed by atoms with Crippen LogP contribution in [0.15, 0.2) is 35.5 Å². The maximum Gasteiger partial charge on any atom is 0.0429 e. The molecule has 1 N–H and O–H groups in total. The molecule has 1 aliphatic heterocycles. The molecule has 0 amide bonds. The van der Waals surface area contributed by atoms with Gasteiger partial charge in [-0.15, -0.1) is 0 Å². The smallest absolute Gasteiger partial charge is 0.0429 e. The van der Waals surface area contributed by atoms with E-state index in [2.05, 4.69) is 41.5 Å². The minimum atomic E-state index is 1.03. The molecule has 1 saturated carbocycles. The summed E-state index contributed by atoms with van der Waals surface area (Å²) in [4.78, 5) is 2.59. The maximum atomic E-state index is 3.34. The minimum Gasteiger partial charge on any atom is -0.369 e. The summed E-state index contributed by atoms with van der Waals surface area (Å²) < 4.78 is 0. The van der Waals surface area contributed by atoms with Crippen molar-refractivity contribution in [3.63, 3.8) is 0 Å². The molecular weight excluding hydrogens is 220 g/mol. The summed E-state index contributed by atoms with van der Waals surface area (Å²) in [5.41, 5.74) is 6.30. The molecule has 96 valence electrons. The van der Waals surface area contributed by atoms with Gasteiger partial charge in [-0.2, -0.15) is 0 Å². The first-order chi connectivity index (χ1) is 8.88. The van der Waals surface area contributed by atoms with Gasteiger partial charge in [0.1, 0.15) is 0 Å². The average Bonchev–Trinajstić information content (AvgIpc) is 2.35. The Hall–Kier alpha value is -1.28. The second-order valence-corrected chi connectivity index (χ2v) is 5.37. The van der Waals surface area contributed by atoms with Gasteiger partial charge in [0, 0.05) is 25.3 Å². The number of benzene rings is 1. The van der Waals surface area contributed by atoms with Gasteiger partial charge in [-0.1, -0.05) is 24.3 Å². The molecule has 0 radical (unpaired) electrons. The Morgan fingerprint density at radius 1 is 1.17 bits per heavy atom. The van der Waals surface area contributed by atoms with E-state index in [9.17, 15) is 0 Å². The highest BCUT2D eigenvalue weighted by atomic mass is 15.2. The van der Waals surface area contributed by atoms with Crippen molar-refractivity contribution in [2.24, 2.45) is 0 Å². The Bertz CT molecular complexity index is 456. The van der Waals surface area contributed by atoms with Crippen LogP contribution in [0.25, 0.3) is 0 Å². The van der Waals surface area contributed by atoms with E-state index in [1.807, 2.05) is 0 Å². The van der Waals surface area contributed by atoms with Gasteiger partial charge in [0.25, 0.3) is 0 Å². The van der Waals surface area contributed by atoms with Crippen molar-refractivity contribution in [1.29, 1.82) is 0 Å². The summed E-state index contributed by atoms with van der Waals surface area (Å²) in [6.45, 7) is 3.30. The zero-order valence-corrected chi connectivity index (χ0v) is 11.2. The van der Waals surface area contributed by atoms with Crippen molar-refractivity contribution in [1.82, 2.24) is 10.2 Å². The van der Waals surface area contributed by atoms with Gasteiger partial charge in [0.05, 0.1) is 0 Å². The lowest BCUT2D eigenvalue weighted by Gasteiger charge is -2.36. The summed E-state index contributed by atoms with van der Waals surface area (Å²) >= 11 is 0. The van der Waals surface area contributed by atoms with Crippen LogP contribution in [0, 0.1) is 0 Å². The van der Waals surface area contributed by atoms with E-state index in [0.717, 1.165) is 13.1 Å². The molecule has 1 aromatic carbocycles. The average molecular weight is 242 g/mol. The Morgan fingerprint density at radius 3 is 2.61 bits per heavy atom. The Morgan fingerprint density at radius 2 is 1.94 bits per heavy atom. The van der Waals surface area contributed by atoms with Crippen LogP contribution in [0.2, 0.25) is 0 Å². The number of allylic oxidation sites excluding steroid dienone is 1. The van der Waals surface area contributed by atoms with Crippen molar-refractivity contribution in [3.8, 4) is 0 Å². The van der Waals surface area contributed by atoms with E-state index in [4.69, 9.17) is 0 Å². The van der Waals surface area contributed by atoms with Crippen LogP contribution in [0.4, 0.5) is 0 Å². The molecule has 0 spiro atoms. The second-order valence-electron chi connectivity index (χ2n) is 5.37. The number of likely N-dealkylation sites (N-methyl/N-ethyl adjacent to an activating group) is 1. The van der Waals surface area contributed by atoms with Gasteiger partial charge in [0.2, 0.25) is 0 Å². The van der Waals surface area contributed by atoms with Gasteiger partial charge in [-0.05, 0) is 49.4 Å². The van der Waals surface area contributed by atoms with E-state index in [1.54, 1.807) is 11.3 Å². The lowest BCUT2D eigenvalue weighted by Crippen LogP contribution is -2.35. The molecule has 2 heteroatoms. The molecule has 0 atom stereocenters. The third kappa shape index (κ3) is 2.17. The number of nitrogens with one attached hydrogen (secondary N) is 1. The molecule has 0 aromatic heterocycles. The molecule has 1 aliphatic carbocycles. The standard InChI is InChI=1S/C16H22N2/c1-17-11-16(14-7-4-8-14)18-10-9-13-5-2-3-6-15(13)12-18/h2-3,5-6,17H,4,7-12H2,1H3. The number of hydrogen-bond donors (Lipinski definition) is 1. The third-order valence-electron chi connectivity index (χ3n) is 4.22. The maximum absolute atomic E-state index is 3.34. The van der Waals surface area contributed by atoms with Gasteiger partial charge in [-0.3, -0.25) is 0 Å². The van der Waals surface area contributed by atoms with Crippen molar-refractivity contribution in [3.05, 3.63) is 46.7 Å². The second kappa shape index (κ2) is 5.15. The predicted octanol–water partition coefficient (Wildman–Crippen LogP) is 2.70. The molecule has 1 heterocycles. The highest BCUT2D eigenvalue weighted by molar-refractivity contribution is 5.31. The first-order valence-corrected chi connectivity index (χ1v) is 7.05. The molecule has 1 aromatic rings. The molecule has 0 saturated heterocycles. The molecule has 2 nitrogen and oxygen atoms in total. The quantitative estimate of drug-likeness (QED) is 0.876. The van der Waals surface area contributed by atoms with Crippen LogP contribution in [0.3, 0.4) is 0 Å². The molecule has 2 aliphatic rings. The van der Waals surface area contributed by atoms with Crippen molar-refractivity contribution >= 4 is 0 Å². The largest absolute Gasteiger partial charge is 0.369 e. The van der Waals surface area contributed by atoms with E-state index in [1.165, 1.54) is 43.4 Å². The first kappa shape index (κ1) is 11.8.